The molecular weight excluding hydrogens is 304 g/mol. The highest BCUT2D eigenvalue weighted by Gasteiger charge is 2.20. The normalized spacial score (nSPS) is 12.0. The summed E-state index contributed by atoms with van der Waals surface area (Å²) >= 11 is 0. The SMILES string of the molecule is COCCCN(C)S(=O)(=O)c1ccc(-c2coc(C)n2)cc1. The Morgan fingerprint density at radius 2 is 1.95 bits per heavy atom. The second-order valence-corrected chi connectivity index (χ2v) is 6.99. The molecular formula is C15H20N2O4S. The molecule has 0 N–H and O–H groups in total. The van der Waals surface area contributed by atoms with Crippen LogP contribution in [0, 0.1) is 6.92 Å². The Kier molecular flexibility index (Phi) is 5.33. The number of hydrogen-bond acceptors (Lipinski definition) is 5. The largest absolute Gasteiger partial charge is 0.449 e. The number of oxazole rings is 1. The predicted octanol–water partition coefficient (Wildman–Crippen LogP) is 2.31. The highest BCUT2D eigenvalue weighted by molar-refractivity contribution is 7.89. The van der Waals surface area contributed by atoms with Gasteiger partial charge in [0.25, 0.3) is 0 Å². The summed E-state index contributed by atoms with van der Waals surface area (Å²) in [5.41, 5.74) is 1.51. The Hall–Kier alpha value is -1.70. The zero-order chi connectivity index (χ0) is 16.2. The van der Waals surface area contributed by atoms with Gasteiger partial charge in [-0.05, 0) is 18.6 Å². The number of sulfonamides is 1. The Morgan fingerprint density at radius 3 is 2.50 bits per heavy atom. The van der Waals surface area contributed by atoms with E-state index in [1.165, 1.54) is 4.31 Å². The van der Waals surface area contributed by atoms with Crippen LogP contribution in [0.1, 0.15) is 12.3 Å². The van der Waals surface area contributed by atoms with Crippen LogP contribution < -0.4 is 0 Å². The van der Waals surface area contributed by atoms with Gasteiger partial charge in [0.05, 0.1) is 4.90 Å². The molecule has 0 saturated carbocycles. The van der Waals surface area contributed by atoms with Crippen molar-refractivity contribution in [2.45, 2.75) is 18.2 Å². The van der Waals surface area contributed by atoms with Gasteiger partial charge in [0.15, 0.2) is 5.89 Å². The number of hydrogen-bond donors (Lipinski definition) is 0. The molecule has 0 bridgehead atoms. The molecule has 0 aliphatic carbocycles. The maximum Gasteiger partial charge on any atom is 0.242 e. The minimum Gasteiger partial charge on any atom is -0.449 e. The van der Waals surface area contributed by atoms with Gasteiger partial charge in [-0.3, -0.25) is 0 Å². The second-order valence-electron chi connectivity index (χ2n) is 4.95. The van der Waals surface area contributed by atoms with Crippen molar-refractivity contribution in [3.8, 4) is 11.3 Å². The van der Waals surface area contributed by atoms with E-state index in [4.69, 9.17) is 9.15 Å². The molecule has 0 amide bonds. The van der Waals surface area contributed by atoms with Crippen LogP contribution in [0.5, 0.6) is 0 Å². The zero-order valence-electron chi connectivity index (χ0n) is 12.9. The van der Waals surface area contributed by atoms with Crippen LogP contribution in [0.25, 0.3) is 11.3 Å². The van der Waals surface area contributed by atoms with Gasteiger partial charge in [0, 0.05) is 39.8 Å². The van der Waals surface area contributed by atoms with E-state index in [1.54, 1.807) is 51.6 Å². The van der Waals surface area contributed by atoms with Gasteiger partial charge in [0.1, 0.15) is 12.0 Å². The summed E-state index contributed by atoms with van der Waals surface area (Å²) in [6, 6.07) is 6.63. The Labute approximate surface area is 130 Å². The molecule has 0 spiro atoms. The third kappa shape index (κ3) is 3.73. The second kappa shape index (κ2) is 7.04. The third-order valence-corrected chi connectivity index (χ3v) is 5.17. The number of ether oxygens (including phenoxy) is 1. The fourth-order valence-electron chi connectivity index (χ4n) is 2.03. The minimum absolute atomic E-state index is 0.261. The monoisotopic (exact) mass is 324 g/mol. The molecule has 0 atom stereocenters. The van der Waals surface area contributed by atoms with Gasteiger partial charge in [-0.15, -0.1) is 0 Å². The lowest BCUT2D eigenvalue weighted by Crippen LogP contribution is -2.28. The van der Waals surface area contributed by atoms with Gasteiger partial charge in [-0.1, -0.05) is 12.1 Å². The van der Waals surface area contributed by atoms with Crippen LogP contribution in [0.2, 0.25) is 0 Å². The average molecular weight is 324 g/mol. The molecule has 1 aromatic heterocycles. The summed E-state index contributed by atoms with van der Waals surface area (Å²) in [6.07, 6.45) is 2.21. The van der Waals surface area contributed by atoms with E-state index in [0.29, 0.717) is 31.2 Å². The molecule has 2 rings (SSSR count). The van der Waals surface area contributed by atoms with Crippen LogP contribution in [-0.2, 0) is 14.8 Å². The maximum atomic E-state index is 12.4. The predicted molar refractivity (Wildman–Crippen MR) is 83.0 cm³/mol. The van der Waals surface area contributed by atoms with E-state index in [-0.39, 0.29) is 4.90 Å². The number of aryl methyl sites for hydroxylation is 1. The summed E-state index contributed by atoms with van der Waals surface area (Å²) < 4.78 is 36.3. The van der Waals surface area contributed by atoms with Crippen molar-refractivity contribution in [1.82, 2.24) is 9.29 Å². The molecule has 0 aliphatic heterocycles. The quantitative estimate of drug-likeness (QED) is 0.731. The molecule has 6 nitrogen and oxygen atoms in total. The summed E-state index contributed by atoms with van der Waals surface area (Å²) in [5, 5.41) is 0. The van der Waals surface area contributed by atoms with Crippen molar-refractivity contribution in [1.29, 1.82) is 0 Å². The highest BCUT2D eigenvalue weighted by Crippen LogP contribution is 2.22. The molecule has 1 heterocycles. The standard InChI is InChI=1S/C15H20N2O4S/c1-12-16-15(11-21-12)13-5-7-14(8-6-13)22(18,19)17(2)9-4-10-20-3/h5-8,11H,4,9-10H2,1-3H3. The van der Waals surface area contributed by atoms with Crippen molar-refractivity contribution in [3.05, 3.63) is 36.4 Å². The van der Waals surface area contributed by atoms with E-state index >= 15 is 0 Å². The summed E-state index contributed by atoms with van der Waals surface area (Å²) in [5.74, 6) is 0.574. The van der Waals surface area contributed by atoms with Crippen LogP contribution in [0.15, 0.2) is 39.8 Å². The summed E-state index contributed by atoms with van der Waals surface area (Å²) in [6.45, 7) is 2.71. The van der Waals surface area contributed by atoms with Crippen LogP contribution in [-0.4, -0.2) is 45.0 Å². The number of aromatic nitrogens is 1. The lowest BCUT2D eigenvalue weighted by molar-refractivity contribution is 0.189. The van der Waals surface area contributed by atoms with Crippen LogP contribution in [0.4, 0.5) is 0 Å². The van der Waals surface area contributed by atoms with Crippen molar-refractivity contribution >= 4 is 10.0 Å². The Bertz CT molecular complexity index is 707. The first-order valence-corrected chi connectivity index (χ1v) is 8.37. The first-order valence-electron chi connectivity index (χ1n) is 6.93. The van der Waals surface area contributed by atoms with Gasteiger partial charge >= 0.3 is 0 Å². The highest BCUT2D eigenvalue weighted by atomic mass is 32.2. The number of nitrogens with zero attached hydrogens (tertiary/aromatic N) is 2. The van der Waals surface area contributed by atoms with E-state index in [9.17, 15) is 8.42 Å². The number of methoxy groups -OCH3 is 1. The topological polar surface area (TPSA) is 72.6 Å². The first-order chi connectivity index (χ1) is 10.4. The minimum atomic E-state index is -3.48. The molecule has 22 heavy (non-hydrogen) atoms. The van der Waals surface area contributed by atoms with E-state index in [2.05, 4.69) is 4.98 Å². The van der Waals surface area contributed by atoms with Crippen molar-refractivity contribution in [2.75, 3.05) is 27.3 Å². The molecule has 0 fully saturated rings. The smallest absolute Gasteiger partial charge is 0.242 e. The van der Waals surface area contributed by atoms with Gasteiger partial charge < -0.3 is 9.15 Å². The molecule has 0 aliphatic rings. The Morgan fingerprint density at radius 1 is 1.27 bits per heavy atom. The zero-order valence-corrected chi connectivity index (χ0v) is 13.8. The molecule has 2 aromatic rings. The lowest BCUT2D eigenvalue weighted by Gasteiger charge is -2.17. The van der Waals surface area contributed by atoms with Crippen molar-refractivity contribution in [3.63, 3.8) is 0 Å². The van der Waals surface area contributed by atoms with Gasteiger partial charge in [-0.25, -0.2) is 17.7 Å². The molecule has 0 unspecified atom stereocenters. The van der Waals surface area contributed by atoms with Crippen molar-refractivity contribution in [2.24, 2.45) is 0 Å². The van der Waals surface area contributed by atoms with E-state index < -0.39 is 10.0 Å². The Balaban J connectivity index is 2.15. The van der Waals surface area contributed by atoms with E-state index in [0.717, 1.165) is 5.56 Å². The summed E-state index contributed by atoms with van der Waals surface area (Å²) in [7, 11) is -0.314. The number of rotatable bonds is 7. The average Bonchev–Trinajstić information content (AvgIpc) is 2.94. The molecule has 0 saturated heterocycles. The first kappa shape index (κ1) is 16.7. The third-order valence-electron chi connectivity index (χ3n) is 3.30. The fourth-order valence-corrected chi connectivity index (χ4v) is 3.23. The van der Waals surface area contributed by atoms with E-state index in [1.807, 2.05) is 0 Å². The van der Waals surface area contributed by atoms with Gasteiger partial charge in [0.2, 0.25) is 10.0 Å². The molecule has 7 heteroatoms. The maximum absolute atomic E-state index is 12.4. The van der Waals surface area contributed by atoms with Crippen molar-refractivity contribution < 1.29 is 17.6 Å². The molecule has 1 aromatic carbocycles. The van der Waals surface area contributed by atoms with Crippen LogP contribution >= 0.6 is 0 Å². The fraction of sp³-hybridized carbons (Fsp3) is 0.400. The molecule has 120 valence electrons. The van der Waals surface area contributed by atoms with Crippen LogP contribution in [0.3, 0.4) is 0 Å². The number of benzene rings is 1. The summed E-state index contributed by atoms with van der Waals surface area (Å²) in [4.78, 5) is 4.48. The lowest BCUT2D eigenvalue weighted by atomic mass is 10.2. The van der Waals surface area contributed by atoms with Gasteiger partial charge in [-0.2, -0.15) is 0 Å². The molecule has 0 radical (unpaired) electrons.